The average molecular weight is 268 g/mol. The molecule has 2 nitrogen and oxygen atoms in total. The van der Waals surface area contributed by atoms with Crippen LogP contribution < -0.4 is 5.32 Å². The maximum Gasteiger partial charge on any atom is 0.184 e. The van der Waals surface area contributed by atoms with E-state index in [1.54, 1.807) is 11.3 Å². The first kappa shape index (κ1) is 12.2. The third-order valence-electron chi connectivity index (χ3n) is 3.31. The van der Waals surface area contributed by atoms with Crippen molar-refractivity contribution in [3.8, 4) is 0 Å². The van der Waals surface area contributed by atoms with E-state index >= 15 is 0 Å². The molecule has 0 aliphatic heterocycles. The Kier molecular flexibility index (Phi) is 3.22. The van der Waals surface area contributed by atoms with E-state index in [1.807, 2.05) is 0 Å². The maximum absolute atomic E-state index is 4.66. The maximum atomic E-state index is 4.66. The first-order chi connectivity index (χ1) is 9.24. The number of anilines is 1. The van der Waals surface area contributed by atoms with Crippen LogP contribution in [0.1, 0.15) is 16.7 Å². The third-order valence-corrected chi connectivity index (χ3v) is 4.29. The van der Waals surface area contributed by atoms with E-state index < -0.39 is 0 Å². The van der Waals surface area contributed by atoms with Crippen molar-refractivity contribution >= 4 is 26.7 Å². The van der Waals surface area contributed by atoms with Gasteiger partial charge in [-0.15, -0.1) is 0 Å². The number of para-hydroxylation sites is 1. The lowest BCUT2D eigenvalue weighted by Gasteiger charge is -2.05. The van der Waals surface area contributed by atoms with Crippen molar-refractivity contribution in [1.82, 2.24) is 4.98 Å². The average Bonchev–Trinajstić information content (AvgIpc) is 2.82. The molecule has 2 aromatic carbocycles. The highest BCUT2D eigenvalue weighted by Gasteiger charge is 2.05. The smallest absolute Gasteiger partial charge is 0.184 e. The Labute approximate surface area is 117 Å². The highest BCUT2D eigenvalue weighted by atomic mass is 32.1. The number of rotatable bonds is 3. The Balaban J connectivity index is 1.83. The molecule has 1 heterocycles. The van der Waals surface area contributed by atoms with Crippen molar-refractivity contribution in [2.24, 2.45) is 0 Å². The van der Waals surface area contributed by atoms with Crippen molar-refractivity contribution in [1.29, 1.82) is 0 Å². The zero-order valence-corrected chi connectivity index (χ0v) is 11.9. The van der Waals surface area contributed by atoms with Gasteiger partial charge in [0, 0.05) is 6.54 Å². The lowest BCUT2D eigenvalue weighted by molar-refractivity contribution is 1.11. The van der Waals surface area contributed by atoms with Crippen LogP contribution in [0.3, 0.4) is 0 Å². The van der Waals surface area contributed by atoms with Gasteiger partial charge >= 0.3 is 0 Å². The van der Waals surface area contributed by atoms with Gasteiger partial charge in [0.05, 0.1) is 10.2 Å². The molecule has 0 saturated heterocycles. The molecule has 0 aliphatic carbocycles. The Hall–Kier alpha value is -1.87. The highest BCUT2D eigenvalue weighted by molar-refractivity contribution is 7.22. The molecule has 3 rings (SSSR count). The number of nitrogens with one attached hydrogen (secondary N) is 1. The number of aromatic nitrogens is 1. The van der Waals surface area contributed by atoms with Gasteiger partial charge in [-0.1, -0.05) is 47.7 Å². The predicted molar refractivity (Wildman–Crippen MR) is 82.9 cm³/mol. The van der Waals surface area contributed by atoms with E-state index in [2.05, 4.69) is 66.6 Å². The Morgan fingerprint density at radius 3 is 2.58 bits per heavy atom. The monoisotopic (exact) mass is 268 g/mol. The molecular weight excluding hydrogens is 252 g/mol. The summed E-state index contributed by atoms with van der Waals surface area (Å²) in [5, 5.41) is 4.42. The quantitative estimate of drug-likeness (QED) is 0.755. The van der Waals surface area contributed by atoms with E-state index in [0.717, 1.165) is 17.2 Å². The summed E-state index contributed by atoms with van der Waals surface area (Å²) in [7, 11) is 0. The zero-order chi connectivity index (χ0) is 13.2. The summed E-state index contributed by atoms with van der Waals surface area (Å²) < 4.78 is 1.24. The number of hydrogen-bond donors (Lipinski definition) is 1. The molecule has 3 heteroatoms. The summed E-state index contributed by atoms with van der Waals surface area (Å²) in [5.74, 6) is 0. The van der Waals surface area contributed by atoms with Crippen LogP contribution in [0.25, 0.3) is 10.2 Å². The molecule has 19 heavy (non-hydrogen) atoms. The van der Waals surface area contributed by atoms with Crippen molar-refractivity contribution in [3.63, 3.8) is 0 Å². The van der Waals surface area contributed by atoms with Gasteiger partial charge in [-0.3, -0.25) is 0 Å². The molecule has 0 radical (unpaired) electrons. The van der Waals surface area contributed by atoms with E-state index in [9.17, 15) is 0 Å². The van der Waals surface area contributed by atoms with Crippen molar-refractivity contribution < 1.29 is 0 Å². The zero-order valence-electron chi connectivity index (χ0n) is 11.1. The van der Waals surface area contributed by atoms with Gasteiger partial charge in [-0.2, -0.15) is 0 Å². The van der Waals surface area contributed by atoms with Crippen molar-refractivity contribution in [2.45, 2.75) is 20.4 Å². The Morgan fingerprint density at radius 1 is 1.00 bits per heavy atom. The molecule has 0 bridgehead atoms. The SMILES string of the molecule is Cc1ccccc1CNc1nc2c(C)cccc2s1. The fourth-order valence-electron chi connectivity index (χ4n) is 2.14. The molecular formula is C16H16N2S. The van der Waals surface area contributed by atoms with E-state index in [4.69, 9.17) is 0 Å². The highest BCUT2D eigenvalue weighted by Crippen LogP contribution is 2.28. The van der Waals surface area contributed by atoms with Crippen LogP contribution in [-0.2, 0) is 6.54 Å². The van der Waals surface area contributed by atoms with Crippen LogP contribution in [0, 0.1) is 13.8 Å². The van der Waals surface area contributed by atoms with Gasteiger partial charge in [-0.25, -0.2) is 4.98 Å². The summed E-state index contributed by atoms with van der Waals surface area (Å²) in [6.07, 6.45) is 0. The van der Waals surface area contributed by atoms with Crippen LogP contribution >= 0.6 is 11.3 Å². The number of aryl methyl sites for hydroxylation is 2. The van der Waals surface area contributed by atoms with Crippen LogP contribution in [-0.4, -0.2) is 4.98 Å². The fourth-order valence-corrected chi connectivity index (χ4v) is 3.08. The van der Waals surface area contributed by atoms with Crippen molar-refractivity contribution in [2.75, 3.05) is 5.32 Å². The van der Waals surface area contributed by atoms with Gasteiger partial charge in [0.2, 0.25) is 0 Å². The minimum Gasteiger partial charge on any atom is -0.357 e. The normalized spacial score (nSPS) is 10.8. The van der Waals surface area contributed by atoms with Gasteiger partial charge in [0.15, 0.2) is 5.13 Å². The van der Waals surface area contributed by atoms with Gasteiger partial charge in [0.1, 0.15) is 0 Å². The van der Waals surface area contributed by atoms with Crippen LogP contribution in [0.5, 0.6) is 0 Å². The molecule has 0 fully saturated rings. The topological polar surface area (TPSA) is 24.9 Å². The largest absolute Gasteiger partial charge is 0.357 e. The van der Waals surface area contributed by atoms with Crippen LogP contribution in [0.15, 0.2) is 42.5 Å². The van der Waals surface area contributed by atoms with Gasteiger partial charge in [0.25, 0.3) is 0 Å². The molecule has 0 atom stereocenters. The molecule has 1 aromatic heterocycles. The molecule has 0 spiro atoms. The van der Waals surface area contributed by atoms with Crippen molar-refractivity contribution in [3.05, 3.63) is 59.2 Å². The summed E-state index contributed by atoms with van der Waals surface area (Å²) in [6.45, 7) is 5.07. The lowest BCUT2D eigenvalue weighted by atomic mass is 10.1. The minimum atomic E-state index is 0.825. The molecule has 96 valence electrons. The van der Waals surface area contributed by atoms with E-state index in [-0.39, 0.29) is 0 Å². The lowest BCUT2D eigenvalue weighted by Crippen LogP contribution is -2.00. The number of nitrogens with zero attached hydrogens (tertiary/aromatic N) is 1. The van der Waals surface area contributed by atoms with E-state index in [0.29, 0.717) is 0 Å². The number of benzene rings is 2. The summed E-state index contributed by atoms with van der Waals surface area (Å²) in [6, 6.07) is 14.7. The number of hydrogen-bond acceptors (Lipinski definition) is 3. The number of fused-ring (bicyclic) bond motifs is 1. The van der Waals surface area contributed by atoms with Gasteiger partial charge < -0.3 is 5.32 Å². The molecule has 1 N–H and O–H groups in total. The minimum absolute atomic E-state index is 0.825. The van der Waals surface area contributed by atoms with Gasteiger partial charge in [-0.05, 0) is 36.6 Å². The van der Waals surface area contributed by atoms with Crippen LogP contribution in [0.2, 0.25) is 0 Å². The Bertz CT molecular complexity index is 716. The molecule has 0 aliphatic rings. The third kappa shape index (κ3) is 2.47. The second-order valence-electron chi connectivity index (χ2n) is 4.72. The standard InChI is InChI=1S/C16H16N2S/c1-11-6-3-4-8-13(11)10-17-16-18-15-12(2)7-5-9-14(15)19-16/h3-9H,10H2,1-2H3,(H,17,18). The molecule has 0 unspecified atom stereocenters. The first-order valence-electron chi connectivity index (χ1n) is 6.38. The van der Waals surface area contributed by atoms with E-state index in [1.165, 1.54) is 21.4 Å². The number of thiazole rings is 1. The molecule has 0 amide bonds. The second kappa shape index (κ2) is 5.02. The summed E-state index contributed by atoms with van der Waals surface area (Å²) >= 11 is 1.71. The first-order valence-corrected chi connectivity index (χ1v) is 7.20. The molecule has 3 aromatic rings. The Morgan fingerprint density at radius 2 is 1.79 bits per heavy atom. The fraction of sp³-hybridized carbons (Fsp3) is 0.188. The van der Waals surface area contributed by atoms with Crippen LogP contribution in [0.4, 0.5) is 5.13 Å². The summed E-state index contributed by atoms with van der Waals surface area (Å²) in [5.41, 5.74) is 4.98. The molecule has 0 saturated carbocycles. The second-order valence-corrected chi connectivity index (χ2v) is 5.75. The predicted octanol–water partition coefficient (Wildman–Crippen LogP) is 4.53. The summed E-state index contributed by atoms with van der Waals surface area (Å²) in [4.78, 5) is 4.66.